The number of Topliss-reactive ketones (excluding diaryl/α,β-unsaturated/α-hetero) is 1. The largest absolute Gasteiger partial charge is 0.466 e. The maximum Gasteiger partial charge on any atom is 0.330 e. The molecule has 0 fully saturated rings. The van der Waals surface area contributed by atoms with Crippen LogP contribution in [0.3, 0.4) is 0 Å². The van der Waals surface area contributed by atoms with E-state index in [9.17, 15) is 9.59 Å². The molecule has 0 saturated carbocycles. The summed E-state index contributed by atoms with van der Waals surface area (Å²) in [6.07, 6.45) is 6.89. The van der Waals surface area contributed by atoms with Crippen LogP contribution < -0.4 is 0 Å². The third-order valence-corrected chi connectivity index (χ3v) is 6.55. The fourth-order valence-electron chi connectivity index (χ4n) is 3.31. The Morgan fingerprint density at radius 1 is 1.06 bits per heavy atom. The number of carbonyl (C=O) groups excluding carboxylic acids is 2. The lowest BCUT2D eigenvalue weighted by atomic mass is 10.00. The zero-order valence-corrected chi connectivity index (χ0v) is 21.2. The topological polar surface area (TPSA) is 52.6 Å². The molecule has 0 aromatic heterocycles. The van der Waals surface area contributed by atoms with Crippen LogP contribution >= 0.6 is 0 Å². The van der Waals surface area contributed by atoms with E-state index in [1.165, 1.54) is 12.7 Å². The standard InChI is InChI=1S/C26H40O4Si/c1-21(11-10-14-24(17-26(28)29-3)20-31(4,5)6)15-16-25(27)22(2)18-30-19-23-12-8-7-9-13-23/h7-9,11-13,17,22H,10,14-16,18-20H2,1-6H3/b21-11+,24-17-. The van der Waals surface area contributed by atoms with Gasteiger partial charge in [0.2, 0.25) is 0 Å². The molecule has 0 spiro atoms. The molecule has 0 amide bonds. The summed E-state index contributed by atoms with van der Waals surface area (Å²) in [4.78, 5) is 24.1. The Hall–Kier alpha value is -1.98. The van der Waals surface area contributed by atoms with Crippen LogP contribution in [0.25, 0.3) is 0 Å². The Bertz CT molecular complexity index is 744. The average molecular weight is 445 g/mol. The highest BCUT2D eigenvalue weighted by molar-refractivity contribution is 6.76. The lowest BCUT2D eigenvalue weighted by Gasteiger charge is -2.18. The van der Waals surface area contributed by atoms with Gasteiger partial charge in [0.1, 0.15) is 5.78 Å². The van der Waals surface area contributed by atoms with Crippen LogP contribution in [0.4, 0.5) is 0 Å². The number of esters is 1. The van der Waals surface area contributed by atoms with Crippen LogP contribution in [0.5, 0.6) is 0 Å². The van der Waals surface area contributed by atoms with Gasteiger partial charge in [-0.25, -0.2) is 4.79 Å². The van der Waals surface area contributed by atoms with Crippen molar-refractivity contribution in [3.8, 4) is 0 Å². The molecule has 172 valence electrons. The van der Waals surface area contributed by atoms with Gasteiger partial charge in [-0.1, -0.05) is 74.1 Å². The van der Waals surface area contributed by atoms with Crippen molar-refractivity contribution in [2.75, 3.05) is 13.7 Å². The smallest absolute Gasteiger partial charge is 0.330 e. The van der Waals surface area contributed by atoms with Crippen LogP contribution in [-0.4, -0.2) is 33.5 Å². The molecule has 31 heavy (non-hydrogen) atoms. The summed E-state index contributed by atoms with van der Waals surface area (Å²) >= 11 is 0. The lowest BCUT2D eigenvalue weighted by molar-refractivity contribution is -0.134. The predicted molar refractivity (Wildman–Crippen MR) is 131 cm³/mol. The van der Waals surface area contributed by atoms with Gasteiger partial charge < -0.3 is 9.47 Å². The van der Waals surface area contributed by atoms with E-state index in [4.69, 9.17) is 9.47 Å². The number of methoxy groups -OCH3 is 1. The Morgan fingerprint density at radius 3 is 2.35 bits per heavy atom. The summed E-state index contributed by atoms with van der Waals surface area (Å²) in [6, 6.07) is 11.0. The molecule has 1 aromatic rings. The lowest BCUT2D eigenvalue weighted by Crippen LogP contribution is -2.20. The van der Waals surface area contributed by atoms with Crippen LogP contribution in [0.1, 0.15) is 45.1 Å². The highest BCUT2D eigenvalue weighted by atomic mass is 28.3. The van der Waals surface area contributed by atoms with E-state index in [1.54, 1.807) is 6.08 Å². The van der Waals surface area contributed by atoms with Crippen molar-refractivity contribution in [1.29, 1.82) is 0 Å². The maximum absolute atomic E-state index is 12.4. The molecule has 4 nitrogen and oxygen atoms in total. The molecule has 5 heteroatoms. The van der Waals surface area contributed by atoms with E-state index >= 15 is 0 Å². The number of allylic oxidation sites excluding steroid dienone is 3. The quantitative estimate of drug-likeness (QED) is 0.145. The van der Waals surface area contributed by atoms with Crippen LogP contribution in [0, 0.1) is 5.92 Å². The third kappa shape index (κ3) is 13.1. The second kappa shape index (κ2) is 14.1. The van der Waals surface area contributed by atoms with Crippen LogP contribution in [-0.2, 0) is 25.7 Å². The molecule has 1 atom stereocenters. The molecule has 0 bridgehead atoms. The van der Waals surface area contributed by atoms with Gasteiger partial charge in [0.15, 0.2) is 0 Å². The molecule has 0 aliphatic heterocycles. The van der Waals surface area contributed by atoms with E-state index in [0.717, 1.165) is 36.4 Å². The van der Waals surface area contributed by atoms with Crippen molar-refractivity contribution < 1.29 is 19.1 Å². The van der Waals surface area contributed by atoms with Gasteiger partial charge in [0.25, 0.3) is 0 Å². The van der Waals surface area contributed by atoms with E-state index in [1.807, 2.05) is 37.3 Å². The normalized spacial score (nSPS) is 13.7. The second-order valence-corrected chi connectivity index (χ2v) is 15.0. The molecule has 1 unspecified atom stereocenters. The van der Waals surface area contributed by atoms with Crippen LogP contribution in [0.2, 0.25) is 25.7 Å². The number of hydrogen-bond acceptors (Lipinski definition) is 4. The monoisotopic (exact) mass is 444 g/mol. The van der Waals surface area contributed by atoms with Gasteiger partial charge in [0, 0.05) is 26.5 Å². The highest BCUT2D eigenvalue weighted by Gasteiger charge is 2.16. The Kier molecular flexibility index (Phi) is 12.3. The second-order valence-electron chi connectivity index (χ2n) is 9.52. The Labute approximate surface area is 189 Å². The highest BCUT2D eigenvalue weighted by Crippen LogP contribution is 2.21. The summed E-state index contributed by atoms with van der Waals surface area (Å²) in [6.45, 7) is 11.9. The number of ether oxygens (including phenoxy) is 2. The number of ketones is 1. The first-order valence-electron chi connectivity index (χ1n) is 11.2. The van der Waals surface area contributed by atoms with Gasteiger partial charge in [-0.05, 0) is 37.8 Å². The SMILES string of the molecule is COC(=O)/C=C(/CC/C=C(\C)CCC(=O)C(C)COCc1ccccc1)C[Si](C)(C)C. The summed E-state index contributed by atoms with van der Waals surface area (Å²) in [5.74, 6) is -0.128. The van der Waals surface area contributed by atoms with Crippen LogP contribution in [0.15, 0.2) is 53.6 Å². The molecule has 0 N–H and O–H groups in total. The molecular formula is C26H40O4Si. The van der Waals surface area contributed by atoms with E-state index < -0.39 is 8.07 Å². The Balaban J connectivity index is 2.40. The van der Waals surface area contributed by atoms with Crippen molar-refractivity contribution in [1.82, 2.24) is 0 Å². The molecule has 1 aromatic carbocycles. The minimum absolute atomic E-state index is 0.0946. The van der Waals surface area contributed by atoms with Gasteiger partial charge in [-0.15, -0.1) is 0 Å². The first-order valence-corrected chi connectivity index (χ1v) is 14.9. The minimum Gasteiger partial charge on any atom is -0.466 e. The molecule has 0 radical (unpaired) electrons. The van der Waals surface area contributed by atoms with Crippen molar-refractivity contribution >= 4 is 19.8 Å². The van der Waals surface area contributed by atoms with E-state index in [0.29, 0.717) is 19.6 Å². The van der Waals surface area contributed by atoms with Crippen molar-refractivity contribution in [3.63, 3.8) is 0 Å². The number of hydrogen-bond donors (Lipinski definition) is 0. The first kappa shape index (κ1) is 27.1. The van der Waals surface area contributed by atoms with Gasteiger partial charge in [0.05, 0.1) is 20.3 Å². The molecule has 0 aliphatic carbocycles. The Morgan fingerprint density at radius 2 is 1.74 bits per heavy atom. The number of benzene rings is 1. The van der Waals surface area contributed by atoms with E-state index in [-0.39, 0.29) is 17.7 Å². The van der Waals surface area contributed by atoms with E-state index in [2.05, 4.69) is 32.6 Å². The summed E-state index contributed by atoms with van der Waals surface area (Å²) < 4.78 is 10.5. The number of carbonyl (C=O) groups is 2. The van der Waals surface area contributed by atoms with Gasteiger partial charge >= 0.3 is 5.97 Å². The van der Waals surface area contributed by atoms with Crippen molar-refractivity contribution in [2.24, 2.45) is 5.92 Å². The van der Waals surface area contributed by atoms with Gasteiger partial charge in [-0.2, -0.15) is 0 Å². The first-order chi connectivity index (χ1) is 14.6. The molecule has 1 rings (SSSR count). The third-order valence-electron chi connectivity index (χ3n) is 5.03. The summed E-state index contributed by atoms with van der Waals surface area (Å²) in [5.41, 5.74) is 3.50. The van der Waals surface area contributed by atoms with Gasteiger partial charge in [-0.3, -0.25) is 4.79 Å². The predicted octanol–water partition coefficient (Wildman–Crippen LogP) is 6.35. The molecule has 0 aliphatic rings. The summed E-state index contributed by atoms with van der Waals surface area (Å²) in [7, 11) is 0.110. The molecular weight excluding hydrogens is 404 g/mol. The van der Waals surface area contributed by atoms with Crippen molar-refractivity contribution in [3.05, 3.63) is 59.2 Å². The van der Waals surface area contributed by atoms with Crippen molar-refractivity contribution in [2.45, 2.75) is 71.8 Å². The average Bonchev–Trinajstić information content (AvgIpc) is 2.71. The number of rotatable bonds is 14. The molecule has 0 heterocycles. The fourth-order valence-corrected chi connectivity index (χ4v) is 4.95. The fraction of sp³-hybridized carbons (Fsp3) is 0.538. The summed E-state index contributed by atoms with van der Waals surface area (Å²) in [5, 5.41) is 0. The minimum atomic E-state index is -1.31. The zero-order valence-electron chi connectivity index (χ0n) is 20.2. The maximum atomic E-state index is 12.4. The molecule has 0 saturated heterocycles. The zero-order chi connectivity index (χ0) is 23.3.